The summed E-state index contributed by atoms with van der Waals surface area (Å²) in [5.74, 6) is -0.394. The first-order valence-corrected chi connectivity index (χ1v) is 5.32. The summed E-state index contributed by atoms with van der Waals surface area (Å²) in [6.07, 6.45) is 0.0891. The Balaban J connectivity index is 3.02. The van der Waals surface area contributed by atoms with Crippen LogP contribution >= 0.6 is 0 Å². The number of sulfonamides is 1. The van der Waals surface area contributed by atoms with Crippen molar-refractivity contribution in [2.75, 3.05) is 0 Å². The molecule has 0 bridgehead atoms. The summed E-state index contributed by atoms with van der Waals surface area (Å²) in [6, 6.07) is 0. The Bertz CT molecular complexity index is 299. The number of carbonyl (C=O) groups is 1. The zero-order valence-electron chi connectivity index (χ0n) is 7.42. The molecule has 5 heteroatoms. The maximum Gasteiger partial charge on any atom is 0.238 e. The van der Waals surface area contributed by atoms with Crippen LogP contribution in [0, 0.1) is 5.41 Å². The maximum atomic E-state index is 11.3. The molecular weight excluding hydrogens is 178 g/mol. The van der Waals surface area contributed by atoms with Crippen molar-refractivity contribution in [3.8, 4) is 0 Å². The minimum Gasteiger partial charge on any atom is -0.274 e. The van der Waals surface area contributed by atoms with E-state index < -0.39 is 21.2 Å². The largest absolute Gasteiger partial charge is 0.274 e. The summed E-state index contributed by atoms with van der Waals surface area (Å²) in [6.45, 7) is 5.44. The predicted octanol–water partition coefficient (Wildman–Crippen LogP) is 0.251. The van der Waals surface area contributed by atoms with Crippen LogP contribution in [0.4, 0.5) is 0 Å². The van der Waals surface area contributed by atoms with E-state index >= 15 is 0 Å². The summed E-state index contributed by atoms with van der Waals surface area (Å²) >= 11 is 0. The summed E-state index contributed by atoms with van der Waals surface area (Å²) < 4.78 is 24.6. The highest BCUT2D eigenvalue weighted by molar-refractivity contribution is 7.91. The lowest BCUT2D eigenvalue weighted by molar-refractivity contribution is -0.118. The average molecular weight is 191 g/mol. The Hall–Kier alpha value is -0.580. The number of nitrogens with one attached hydrogen (secondary N) is 1. The highest BCUT2D eigenvalue weighted by atomic mass is 32.2. The first-order chi connectivity index (χ1) is 5.23. The second kappa shape index (κ2) is 2.45. The smallest absolute Gasteiger partial charge is 0.238 e. The van der Waals surface area contributed by atoms with Gasteiger partial charge in [-0.15, -0.1) is 0 Å². The summed E-state index contributed by atoms with van der Waals surface area (Å²) in [4.78, 5) is 10.8. The van der Waals surface area contributed by atoms with Gasteiger partial charge < -0.3 is 0 Å². The van der Waals surface area contributed by atoms with Gasteiger partial charge in [-0.2, -0.15) is 0 Å². The Morgan fingerprint density at radius 2 is 1.92 bits per heavy atom. The van der Waals surface area contributed by atoms with Gasteiger partial charge in [0.05, 0.1) is 5.25 Å². The molecule has 0 aromatic rings. The monoisotopic (exact) mass is 191 g/mol. The van der Waals surface area contributed by atoms with E-state index in [0.29, 0.717) is 0 Å². The van der Waals surface area contributed by atoms with Crippen LogP contribution in [-0.2, 0) is 14.8 Å². The SMILES string of the molecule is CC(C)(C)C1CC(=O)NS1(=O)=O. The summed E-state index contributed by atoms with van der Waals surface area (Å²) in [5, 5.41) is -0.586. The van der Waals surface area contributed by atoms with Crippen molar-refractivity contribution in [3.63, 3.8) is 0 Å². The van der Waals surface area contributed by atoms with Crippen LogP contribution in [0.2, 0.25) is 0 Å². The third-order valence-corrected chi connectivity index (χ3v) is 4.10. The number of rotatable bonds is 0. The summed E-state index contributed by atoms with van der Waals surface area (Å²) in [5.41, 5.74) is -0.377. The number of hydrogen-bond acceptors (Lipinski definition) is 3. The predicted molar refractivity (Wildman–Crippen MR) is 44.9 cm³/mol. The molecule has 12 heavy (non-hydrogen) atoms. The fraction of sp³-hybridized carbons (Fsp3) is 0.857. The Labute approximate surface area is 72.4 Å². The van der Waals surface area contributed by atoms with Gasteiger partial charge in [0.2, 0.25) is 15.9 Å². The molecule has 1 N–H and O–H groups in total. The van der Waals surface area contributed by atoms with Gasteiger partial charge in [0.25, 0.3) is 0 Å². The third-order valence-electron chi connectivity index (χ3n) is 1.97. The van der Waals surface area contributed by atoms with Crippen LogP contribution in [0.1, 0.15) is 27.2 Å². The third kappa shape index (κ3) is 1.60. The number of carbonyl (C=O) groups excluding carboxylic acids is 1. The fourth-order valence-corrected chi connectivity index (χ4v) is 3.17. The Kier molecular flexibility index (Phi) is 1.94. The topological polar surface area (TPSA) is 63.2 Å². The lowest BCUT2D eigenvalue weighted by Crippen LogP contribution is -2.33. The van der Waals surface area contributed by atoms with Crippen molar-refractivity contribution < 1.29 is 13.2 Å². The highest BCUT2D eigenvalue weighted by Gasteiger charge is 2.43. The van der Waals surface area contributed by atoms with Gasteiger partial charge >= 0.3 is 0 Å². The van der Waals surface area contributed by atoms with Crippen LogP contribution in [0.3, 0.4) is 0 Å². The van der Waals surface area contributed by atoms with Gasteiger partial charge in [0, 0.05) is 6.42 Å². The van der Waals surface area contributed by atoms with Crippen LogP contribution in [0.25, 0.3) is 0 Å². The van der Waals surface area contributed by atoms with Crippen LogP contribution < -0.4 is 4.72 Å². The minimum atomic E-state index is -3.39. The minimum absolute atomic E-state index is 0.0891. The molecule has 0 aliphatic carbocycles. The van der Waals surface area contributed by atoms with Crippen LogP contribution in [0.15, 0.2) is 0 Å². The zero-order valence-corrected chi connectivity index (χ0v) is 8.23. The Morgan fingerprint density at radius 3 is 2.08 bits per heavy atom. The van der Waals surface area contributed by atoms with E-state index in [-0.39, 0.29) is 11.8 Å². The first-order valence-electron chi connectivity index (χ1n) is 3.78. The second-order valence-corrected chi connectivity index (χ2v) is 5.99. The van der Waals surface area contributed by atoms with E-state index in [1.165, 1.54) is 0 Å². The van der Waals surface area contributed by atoms with E-state index in [1.807, 2.05) is 25.5 Å². The van der Waals surface area contributed by atoms with E-state index in [9.17, 15) is 13.2 Å². The lowest BCUT2D eigenvalue weighted by Gasteiger charge is -2.23. The second-order valence-electron chi connectivity index (χ2n) is 4.13. The molecule has 0 radical (unpaired) electrons. The molecule has 1 aliphatic rings. The molecule has 4 nitrogen and oxygen atoms in total. The molecule has 1 unspecified atom stereocenters. The quantitative estimate of drug-likeness (QED) is 0.597. The van der Waals surface area contributed by atoms with Gasteiger partial charge in [0.15, 0.2) is 0 Å². The first kappa shape index (κ1) is 9.51. The molecule has 1 heterocycles. The van der Waals surface area contributed by atoms with Gasteiger partial charge in [-0.1, -0.05) is 20.8 Å². The van der Waals surface area contributed by atoms with Gasteiger partial charge in [-0.05, 0) is 5.41 Å². The normalized spacial score (nSPS) is 28.6. The highest BCUT2D eigenvalue weighted by Crippen LogP contribution is 2.30. The molecular formula is C7H13NO3S. The van der Waals surface area contributed by atoms with Gasteiger partial charge in [0.1, 0.15) is 0 Å². The summed E-state index contributed by atoms with van der Waals surface area (Å²) in [7, 11) is -3.39. The lowest BCUT2D eigenvalue weighted by atomic mass is 9.90. The van der Waals surface area contributed by atoms with Crippen molar-refractivity contribution >= 4 is 15.9 Å². The van der Waals surface area contributed by atoms with Crippen molar-refractivity contribution in [1.82, 2.24) is 4.72 Å². The van der Waals surface area contributed by atoms with E-state index in [2.05, 4.69) is 0 Å². The van der Waals surface area contributed by atoms with Crippen molar-refractivity contribution in [3.05, 3.63) is 0 Å². The standard InChI is InChI=1S/C7H13NO3S/c1-7(2,3)5-4-6(9)8-12(5,10)11/h5H,4H2,1-3H3,(H,8,9). The van der Waals surface area contributed by atoms with Crippen molar-refractivity contribution in [2.45, 2.75) is 32.4 Å². The zero-order chi connectivity index (χ0) is 9.57. The maximum absolute atomic E-state index is 11.3. The van der Waals surface area contributed by atoms with Crippen LogP contribution in [0.5, 0.6) is 0 Å². The average Bonchev–Trinajstić information content (AvgIpc) is 2.02. The van der Waals surface area contributed by atoms with Gasteiger partial charge in [-0.25, -0.2) is 8.42 Å². The van der Waals surface area contributed by atoms with Gasteiger partial charge in [-0.3, -0.25) is 9.52 Å². The fourth-order valence-electron chi connectivity index (χ4n) is 1.32. The molecule has 1 atom stereocenters. The molecule has 70 valence electrons. The van der Waals surface area contributed by atoms with Crippen LogP contribution in [-0.4, -0.2) is 19.6 Å². The van der Waals surface area contributed by atoms with Crippen molar-refractivity contribution in [1.29, 1.82) is 0 Å². The molecule has 0 aromatic heterocycles. The molecule has 0 aromatic carbocycles. The molecule has 1 fully saturated rings. The molecule has 1 saturated heterocycles. The number of hydrogen-bond donors (Lipinski definition) is 1. The van der Waals surface area contributed by atoms with E-state index in [4.69, 9.17) is 0 Å². The molecule has 1 amide bonds. The molecule has 0 saturated carbocycles. The molecule has 0 spiro atoms. The van der Waals surface area contributed by atoms with Crippen molar-refractivity contribution in [2.24, 2.45) is 5.41 Å². The van der Waals surface area contributed by atoms with E-state index in [0.717, 1.165) is 0 Å². The molecule has 1 aliphatic heterocycles. The van der Waals surface area contributed by atoms with E-state index in [1.54, 1.807) is 0 Å². The Morgan fingerprint density at radius 1 is 1.42 bits per heavy atom. The molecule has 1 rings (SSSR count). The number of amides is 1.